The normalized spacial score (nSPS) is 14.5. The van der Waals surface area contributed by atoms with Crippen LogP contribution in [0.25, 0.3) is 0 Å². The van der Waals surface area contributed by atoms with Gasteiger partial charge in [-0.05, 0) is 48.9 Å². The number of rotatable bonds is 10. The summed E-state index contributed by atoms with van der Waals surface area (Å²) >= 11 is 0. The minimum Gasteiger partial charge on any atom is -1.00 e. The van der Waals surface area contributed by atoms with E-state index in [1.165, 1.54) is 0 Å². The van der Waals surface area contributed by atoms with Crippen molar-refractivity contribution in [1.29, 1.82) is 0 Å². The van der Waals surface area contributed by atoms with Crippen LogP contribution in [0, 0.1) is 0 Å². The molecule has 0 saturated carbocycles. The molecule has 0 aliphatic heterocycles. The maximum Gasteiger partial charge on any atom is 1.00 e. The molecule has 0 spiro atoms. The SMILES string of the molecule is CC(=O)c1cc(C(F)(F)C(F)(F)C(F)(F)F)cc(C(F)(F)C(F)(F)C(F)(F)F)c1.OCc1cc(C(F)(F)C(F)(F)C(F)(F)F)cc(C(F)(F)C(F)(F)C(F)(F)F)c1.[AlH3].[H-].[Li+]. The minimum absolute atomic E-state index is 0. The molecule has 0 aromatic heterocycles. The Bertz CT molecular complexity index is 1670. The van der Waals surface area contributed by atoms with E-state index in [1.54, 1.807) is 0 Å². The first-order valence-electron chi connectivity index (χ1n) is 13.4. The van der Waals surface area contributed by atoms with Gasteiger partial charge >= 0.3 is 90.9 Å². The number of halogens is 28. The van der Waals surface area contributed by atoms with Crippen molar-refractivity contribution in [2.24, 2.45) is 0 Å². The molecule has 2 aromatic carbocycles. The Morgan fingerprint density at radius 2 is 0.610 bits per heavy atom. The molecule has 0 atom stereocenters. The zero-order chi connectivity index (χ0) is 46.0. The number of benzene rings is 2. The minimum atomic E-state index is -6.97. The number of aliphatic hydroxyl groups excluding tert-OH is 1. The maximum absolute atomic E-state index is 13.7. The fourth-order valence-electron chi connectivity index (χ4n) is 3.78. The third kappa shape index (κ3) is 10.3. The summed E-state index contributed by atoms with van der Waals surface area (Å²) in [6.45, 7) is -1.26. The fraction of sp³-hybridized carbons (Fsp3) is 0.519. The Kier molecular flexibility index (Phi) is 17.0. The third-order valence-electron chi connectivity index (χ3n) is 6.97. The molecule has 32 heteroatoms. The summed E-state index contributed by atoms with van der Waals surface area (Å²) in [6, 6.07) is -3.76. The summed E-state index contributed by atoms with van der Waals surface area (Å²) in [5.41, 5.74) is -13.6. The second kappa shape index (κ2) is 17.2. The molecule has 0 unspecified atom stereocenters. The number of hydrogen-bond acceptors (Lipinski definition) is 2. The number of Topliss-reactive ketones (excluding diaryl/α,β-unsaturated/α-hetero) is 1. The molecule has 0 radical (unpaired) electrons. The van der Waals surface area contributed by atoms with Crippen molar-refractivity contribution in [3.63, 3.8) is 0 Å². The van der Waals surface area contributed by atoms with Gasteiger partial charge in [0, 0.05) is 27.8 Å². The molecule has 0 fully saturated rings. The summed E-state index contributed by atoms with van der Waals surface area (Å²) < 4.78 is 361. The third-order valence-corrected chi connectivity index (χ3v) is 6.97. The molecule has 2 aromatic rings. The number of carbonyl (C=O) groups is 1. The van der Waals surface area contributed by atoms with E-state index in [1.807, 2.05) is 0 Å². The first-order chi connectivity index (χ1) is 24.7. The summed E-state index contributed by atoms with van der Waals surface area (Å²) in [5.74, 6) is -54.8. The summed E-state index contributed by atoms with van der Waals surface area (Å²) in [4.78, 5) is 11.2. The van der Waals surface area contributed by atoms with E-state index in [0.29, 0.717) is 6.92 Å². The number of aliphatic hydroxyl groups is 1. The van der Waals surface area contributed by atoms with Crippen LogP contribution < -0.4 is 18.9 Å². The molecule has 59 heavy (non-hydrogen) atoms. The Balaban J connectivity index is -0.00000103. The van der Waals surface area contributed by atoms with Crippen LogP contribution >= 0.6 is 0 Å². The monoisotopic (exact) mass is 938 g/mol. The fourth-order valence-corrected chi connectivity index (χ4v) is 3.78. The van der Waals surface area contributed by atoms with Gasteiger partial charge in [-0.1, -0.05) is 0 Å². The maximum atomic E-state index is 13.7. The molecule has 1 N–H and O–H groups in total. The van der Waals surface area contributed by atoms with Crippen molar-refractivity contribution >= 4 is 23.1 Å². The van der Waals surface area contributed by atoms with Crippen molar-refractivity contribution in [2.75, 3.05) is 0 Å². The van der Waals surface area contributed by atoms with E-state index in [0.717, 1.165) is 0 Å². The van der Waals surface area contributed by atoms with E-state index in [2.05, 4.69) is 0 Å². The van der Waals surface area contributed by atoms with Crippen LogP contribution in [-0.2, 0) is 30.3 Å². The van der Waals surface area contributed by atoms with Crippen molar-refractivity contribution in [1.82, 2.24) is 0 Å². The predicted molar refractivity (Wildman–Crippen MR) is 139 cm³/mol. The molecule has 0 amide bonds. The number of carbonyl (C=O) groups excluding carboxylic acids is 1. The molecule has 0 saturated heterocycles. The number of hydrogen-bond donors (Lipinski definition) is 1. The van der Waals surface area contributed by atoms with Gasteiger partial charge in [0.05, 0.1) is 6.61 Å². The van der Waals surface area contributed by atoms with E-state index in [-0.39, 0.29) is 49.8 Å². The zero-order valence-electron chi connectivity index (χ0n) is 28.1. The van der Waals surface area contributed by atoms with Gasteiger partial charge in [0.25, 0.3) is 0 Å². The van der Waals surface area contributed by atoms with Gasteiger partial charge in [0.1, 0.15) is 0 Å². The van der Waals surface area contributed by atoms with Crippen molar-refractivity contribution < 1.29 is 153 Å². The van der Waals surface area contributed by atoms with Crippen LogP contribution in [0.3, 0.4) is 0 Å². The summed E-state index contributed by atoms with van der Waals surface area (Å²) in [6.07, 6.45) is -27.8. The smallest absolute Gasteiger partial charge is 1.00 e. The van der Waals surface area contributed by atoms with Crippen molar-refractivity contribution in [3.8, 4) is 0 Å². The molecular weight excluding hydrogens is 922 g/mol. The van der Waals surface area contributed by atoms with Gasteiger partial charge < -0.3 is 6.53 Å². The van der Waals surface area contributed by atoms with Gasteiger partial charge in [-0.15, -0.1) is 0 Å². The second-order valence-electron chi connectivity index (χ2n) is 11.0. The molecule has 0 bridgehead atoms. The van der Waals surface area contributed by atoms with Crippen LogP contribution in [0.4, 0.5) is 123 Å². The summed E-state index contributed by atoms with van der Waals surface area (Å²) in [5, 5.41) is 8.73. The molecule has 2 nitrogen and oxygen atoms in total. The number of ketones is 1. The molecule has 2 rings (SSSR count). The van der Waals surface area contributed by atoms with E-state index < -0.39 is 142 Å². The molecule has 0 aliphatic carbocycles. The van der Waals surface area contributed by atoms with Gasteiger partial charge in [-0.3, -0.25) is 4.79 Å². The Morgan fingerprint density at radius 3 is 0.763 bits per heavy atom. The molecule has 0 aliphatic rings. The van der Waals surface area contributed by atoms with Crippen molar-refractivity contribution in [3.05, 3.63) is 69.8 Å². The van der Waals surface area contributed by atoms with Gasteiger partial charge in [-0.2, -0.15) is 123 Å². The van der Waals surface area contributed by atoms with Crippen LogP contribution in [-0.4, -0.2) is 76.6 Å². The van der Waals surface area contributed by atoms with Crippen molar-refractivity contribution in [2.45, 2.75) is 85.6 Å². The van der Waals surface area contributed by atoms with E-state index in [9.17, 15) is 128 Å². The Labute approximate surface area is 331 Å². The van der Waals surface area contributed by atoms with Gasteiger partial charge in [0.15, 0.2) is 23.1 Å². The van der Waals surface area contributed by atoms with Crippen LogP contribution in [0.2, 0.25) is 0 Å². The van der Waals surface area contributed by atoms with Gasteiger partial charge in [0.2, 0.25) is 0 Å². The Morgan fingerprint density at radius 1 is 0.424 bits per heavy atom. The summed E-state index contributed by atoms with van der Waals surface area (Å²) in [7, 11) is 0. The average Bonchev–Trinajstić information content (AvgIpc) is 3.01. The topological polar surface area (TPSA) is 37.3 Å². The van der Waals surface area contributed by atoms with Crippen LogP contribution in [0.5, 0.6) is 0 Å². The molecular formula is C27H16AlF28LiO2. The Hall–Kier alpha value is -2.76. The first-order valence-corrected chi connectivity index (χ1v) is 13.4. The van der Waals surface area contributed by atoms with Gasteiger partial charge in [-0.25, -0.2) is 0 Å². The number of alkyl halides is 28. The average molecular weight is 938 g/mol. The predicted octanol–water partition coefficient (Wildman–Crippen LogP) is 8.16. The van der Waals surface area contributed by atoms with E-state index in [4.69, 9.17) is 5.11 Å². The quantitative estimate of drug-likeness (QED) is 0.149. The van der Waals surface area contributed by atoms with E-state index >= 15 is 0 Å². The molecule has 336 valence electrons. The van der Waals surface area contributed by atoms with Crippen LogP contribution in [0.1, 0.15) is 46.5 Å². The second-order valence-corrected chi connectivity index (χ2v) is 11.0. The van der Waals surface area contributed by atoms with Crippen LogP contribution in [0.15, 0.2) is 36.4 Å². The largest absolute Gasteiger partial charge is 1.00 e. The first kappa shape index (κ1) is 58.3. The zero-order valence-corrected chi connectivity index (χ0v) is 27.1. The molecule has 0 heterocycles. The standard InChI is InChI=1S/C14H6F14O.C13H6F14O.Al.Li.4H/c1-5(29)6-2-7(9(15,16)11(19,20)13(23,24)25)4-8(3-6)10(17,18)12(21,22)14(26,27)28;14-8(15,10(18,19)12(22,23)24)6-1-5(4-28)2-7(3-6)9(16,17)11(20,21)13(25,26)27;;;;;;/h2-4H,1H3;1-3,28H,4H2;;;;;;/q;;;+1;;;;-1.